The molecule has 0 atom stereocenters. The lowest BCUT2D eigenvalue weighted by molar-refractivity contribution is -0.118. The standard InChI is InChI=1S/C23H25N5O2S/c1-13(2)18-9-6-14(3)10-20(18)30-12-21(29)24-19-11-17(8-7-15(19)4)22-27-28-16(5)25-26-23(28)31-22/h6-11,13H,12H2,1-5H3,(H,24,29). The van der Waals surface area contributed by atoms with Crippen molar-refractivity contribution in [3.05, 3.63) is 58.9 Å². The second kappa shape index (κ2) is 8.47. The Labute approximate surface area is 185 Å². The van der Waals surface area contributed by atoms with E-state index in [0.29, 0.717) is 5.92 Å². The van der Waals surface area contributed by atoms with Crippen LogP contribution >= 0.6 is 11.3 Å². The van der Waals surface area contributed by atoms with Crippen LogP contribution in [0.2, 0.25) is 0 Å². The van der Waals surface area contributed by atoms with Crippen LogP contribution in [0.4, 0.5) is 5.69 Å². The number of ether oxygens (including phenoxy) is 1. The molecule has 2 aromatic heterocycles. The third-order valence-corrected chi connectivity index (χ3v) is 6.00. The van der Waals surface area contributed by atoms with Crippen LogP contribution in [0, 0.1) is 20.8 Å². The summed E-state index contributed by atoms with van der Waals surface area (Å²) in [7, 11) is 0. The lowest BCUT2D eigenvalue weighted by Gasteiger charge is -2.15. The van der Waals surface area contributed by atoms with E-state index < -0.39 is 0 Å². The smallest absolute Gasteiger partial charge is 0.262 e. The lowest BCUT2D eigenvalue weighted by Crippen LogP contribution is -2.21. The van der Waals surface area contributed by atoms with Crippen LogP contribution in [0.5, 0.6) is 5.75 Å². The van der Waals surface area contributed by atoms with Crippen LogP contribution in [0.1, 0.15) is 42.3 Å². The number of amides is 1. The number of aryl methyl sites for hydroxylation is 3. The minimum atomic E-state index is -0.203. The highest BCUT2D eigenvalue weighted by molar-refractivity contribution is 7.19. The molecule has 2 heterocycles. The number of benzene rings is 2. The Morgan fingerprint density at radius 2 is 1.94 bits per heavy atom. The van der Waals surface area contributed by atoms with Gasteiger partial charge in [0.15, 0.2) is 12.4 Å². The second-order valence-electron chi connectivity index (χ2n) is 7.91. The third kappa shape index (κ3) is 4.44. The zero-order valence-electron chi connectivity index (χ0n) is 18.3. The quantitative estimate of drug-likeness (QED) is 0.465. The fourth-order valence-corrected chi connectivity index (χ4v) is 4.18. The number of hydrogen-bond donors (Lipinski definition) is 1. The number of rotatable bonds is 6. The molecule has 4 rings (SSSR count). The maximum absolute atomic E-state index is 12.6. The van der Waals surface area contributed by atoms with Crippen molar-refractivity contribution in [1.82, 2.24) is 19.8 Å². The van der Waals surface area contributed by atoms with Crippen molar-refractivity contribution in [3.8, 4) is 16.3 Å². The Bertz CT molecular complexity index is 1260. The number of carbonyl (C=O) groups excluding carboxylic acids is 1. The Hall–Kier alpha value is -3.26. The van der Waals surface area contributed by atoms with Gasteiger partial charge in [-0.15, -0.1) is 10.2 Å². The van der Waals surface area contributed by atoms with Gasteiger partial charge >= 0.3 is 0 Å². The maximum Gasteiger partial charge on any atom is 0.262 e. The van der Waals surface area contributed by atoms with Gasteiger partial charge in [0.1, 0.15) is 10.8 Å². The van der Waals surface area contributed by atoms with E-state index in [2.05, 4.69) is 46.6 Å². The van der Waals surface area contributed by atoms with E-state index in [1.54, 1.807) is 4.52 Å². The molecule has 0 bridgehead atoms. The summed E-state index contributed by atoms with van der Waals surface area (Å²) in [6.45, 7) is 10.0. The molecule has 0 aliphatic rings. The largest absolute Gasteiger partial charge is 0.483 e. The average molecular weight is 436 g/mol. The van der Waals surface area contributed by atoms with Gasteiger partial charge < -0.3 is 10.1 Å². The highest BCUT2D eigenvalue weighted by atomic mass is 32.1. The summed E-state index contributed by atoms with van der Waals surface area (Å²) in [6, 6.07) is 12.0. The molecule has 0 unspecified atom stereocenters. The molecule has 0 aliphatic heterocycles. The molecule has 0 saturated carbocycles. The van der Waals surface area contributed by atoms with Gasteiger partial charge in [0.05, 0.1) is 0 Å². The van der Waals surface area contributed by atoms with Gasteiger partial charge in [-0.3, -0.25) is 4.79 Å². The number of fused-ring (bicyclic) bond motifs is 1. The van der Waals surface area contributed by atoms with Crippen molar-refractivity contribution in [1.29, 1.82) is 0 Å². The summed E-state index contributed by atoms with van der Waals surface area (Å²) in [5, 5.41) is 16.5. The van der Waals surface area contributed by atoms with Gasteiger partial charge in [-0.2, -0.15) is 9.61 Å². The van der Waals surface area contributed by atoms with E-state index in [-0.39, 0.29) is 12.5 Å². The summed E-state index contributed by atoms with van der Waals surface area (Å²) < 4.78 is 7.59. The molecule has 1 N–H and O–H groups in total. The first-order valence-corrected chi connectivity index (χ1v) is 11.0. The van der Waals surface area contributed by atoms with E-state index in [0.717, 1.165) is 49.5 Å². The number of carbonyl (C=O) groups is 1. The third-order valence-electron chi connectivity index (χ3n) is 5.06. The number of hydrogen-bond acceptors (Lipinski definition) is 6. The lowest BCUT2D eigenvalue weighted by atomic mass is 10.0. The summed E-state index contributed by atoms with van der Waals surface area (Å²) >= 11 is 1.46. The van der Waals surface area contributed by atoms with Gasteiger partial charge in [0.25, 0.3) is 5.91 Å². The first-order valence-electron chi connectivity index (χ1n) is 10.1. The number of nitrogens with one attached hydrogen (secondary N) is 1. The molecule has 8 heteroatoms. The molecule has 0 radical (unpaired) electrons. The molecule has 4 aromatic rings. The van der Waals surface area contributed by atoms with E-state index >= 15 is 0 Å². The Kier molecular flexibility index (Phi) is 5.73. The predicted octanol–water partition coefficient (Wildman–Crippen LogP) is 4.92. The highest BCUT2D eigenvalue weighted by Crippen LogP contribution is 2.30. The van der Waals surface area contributed by atoms with Crippen LogP contribution in [0.15, 0.2) is 36.4 Å². The first kappa shape index (κ1) is 21.0. The van der Waals surface area contributed by atoms with Gasteiger partial charge in [0.2, 0.25) is 4.96 Å². The van der Waals surface area contributed by atoms with Crippen molar-refractivity contribution in [2.75, 3.05) is 11.9 Å². The SMILES string of the molecule is Cc1ccc(C(C)C)c(OCC(=O)Nc2cc(-c3nn4c(C)nnc4s3)ccc2C)c1. The van der Waals surface area contributed by atoms with Crippen LogP contribution in [-0.4, -0.2) is 32.3 Å². The average Bonchev–Trinajstić information content (AvgIpc) is 3.30. The summed E-state index contributed by atoms with van der Waals surface area (Å²) in [5.74, 6) is 1.61. The fourth-order valence-electron chi connectivity index (χ4n) is 3.29. The predicted molar refractivity (Wildman–Crippen MR) is 123 cm³/mol. The molecule has 7 nitrogen and oxygen atoms in total. The Morgan fingerprint density at radius 3 is 2.68 bits per heavy atom. The highest BCUT2D eigenvalue weighted by Gasteiger charge is 2.14. The van der Waals surface area contributed by atoms with Crippen molar-refractivity contribution < 1.29 is 9.53 Å². The first-order chi connectivity index (χ1) is 14.8. The molecule has 31 heavy (non-hydrogen) atoms. The van der Waals surface area contributed by atoms with E-state index in [9.17, 15) is 4.79 Å². The normalized spacial score (nSPS) is 11.3. The Balaban J connectivity index is 1.50. The van der Waals surface area contributed by atoms with E-state index in [4.69, 9.17) is 4.74 Å². The molecule has 0 fully saturated rings. The van der Waals surface area contributed by atoms with E-state index in [1.165, 1.54) is 11.3 Å². The van der Waals surface area contributed by atoms with Crippen LogP contribution in [0.25, 0.3) is 15.5 Å². The maximum atomic E-state index is 12.6. The zero-order valence-corrected chi connectivity index (χ0v) is 19.1. The molecule has 0 saturated heterocycles. The van der Waals surface area contributed by atoms with Gasteiger partial charge in [-0.1, -0.05) is 49.4 Å². The van der Waals surface area contributed by atoms with Gasteiger partial charge in [-0.25, -0.2) is 0 Å². The fraction of sp³-hybridized carbons (Fsp3) is 0.304. The number of aromatic nitrogens is 4. The molecule has 2 aromatic carbocycles. The second-order valence-corrected chi connectivity index (χ2v) is 8.87. The van der Waals surface area contributed by atoms with Crippen molar-refractivity contribution in [3.63, 3.8) is 0 Å². The topological polar surface area (TPSA) is 81.4 Å². The van der Waals surface area contributed by atoms with Crippen molar-refractivity contribution >= 4 is 27.9 Å². The van der Waals surface area contributed by atoms with Crippen LogP contribution in [-0.2, 0) is 4.79 Å². The number of nitrogens with zero attached hydrogens (tertiary/aromatic N) is 4. The molecular formula is C23H25N5O2S. The summed E-state index contributed by atoms with van der Waals surface area (Å²) in [6.07, 6.45) is 0. The summed E-state index contributed by atoms with van der Waals surface area (Å²) in [4.78, 5) is 13.4. The molecular weight excluding hydrogens is 410 g/mol. The Morgan fingerprint density at radius 1 is 1.13 bits per heavy atom. The van der Waals surface area contributed by atoms with Crippen LogP contribution < -0.4 is 10.1 Å². The van der Waals surface area contributed by atoms with Gasteiger partial charge in [-0.05, 0) is 55.5 Å². The van der Waals surface area contributed by atoms with Crippen LogP contribution in [0.3, 0.4) is 0 Å². The van der Waals surface area contributed by atoms with Gasteiger partial charge in [0, 0.05) is 11.3 Å². The zero-order chi connectivity index (χ0) is 22.1. The van der Waals surface area contributed by atoms with Crippen molar-refractivity contribution in [2.24, 2.45) is 0 Å². The summed E-state index contributed by atoms with van der Waals surface area (Å²) in [5.41, 5.74) is 4.81. The van der Waals surface area contributed by atoms with E-state index in [1.807, 2.05) is 45.0 Å². The molecule has 0 spiro atoms. The minimum Gasteiger partial charge on any atom is -0.483 e. The van der Waals surface area contributed by atoms with Crippen molar-refractivity contribution in [2.45, 2.75) is 40.5 Å². The molecule has 0 aliphatic carbocycles. The molecule has 160 valence electrons. The molecule has 1 amide bonds. The number of anilines is 1. The minimum absolute atomic E-state index is 0.0528. The monoisotopic (exact) mass is 435 g/mol.